The smallest absolute Gasteiger partial charge is 0.230 e. The lowest BCUT2D eigenvalue weighted by molar-refractivity contribution is 0.102. The molecule has 18 heavy (non-hydrogen) atoms. The normalized spacial score (nSPS) is 14.2. The molecule has 0 aliphatic rings. The number of rotatable bonds is 4. The van der Waals surface area contributed by atoms with Gasteiger partial charge in [0.25, 0.3) is 0 Å². The third kappa shape index (κ3) is 2.84. The highest BCUT2D eigenvalue weighted by molar-refractivity contribution is 5.54. The second-order valence-corrected chi connectivity index (χ2v) is 4.62. The number of aliphatic hydroxyl groups is 1. The summed E-state index contributed by atoms with van der Waals surface area (Å²) < 4.78 is 5.12. The van der Waals surface area contributed by atoms with Gasteiger partial charge in [0.2, 0.25) is 11.7 Å². The first kappa shape index (κ1) is 12.5. The molecule has 0 radical (unpaired) electrons. The Hall–Kier alpha value is -1.94. The highest BCUT2D eigenvalue weighted by Gasteiger charge is 2.20. The lowest BCUT2D eigenvalue weighted by atomic mass is 10.0. The Morgan fingerprint density at radius 1 is 1.39 bits per heavy atom. The summed E-state index contributed by atoms with van der Waals surface area (Å²) in [6.07, 6.45) is 1.72. The minimum absolute atomic E-state index is 0.259. The summed E-state index contributed by atoms with van der Waals surface area (Å²) in [5, 5.41) is 13.8. The summed E-state index contributed by atoms with van der Waals surface area (Å²) in [7, 11) is 0. The standard InChI is InChI=1S/C14H16N2O2/c1-4-14(3,17)9-12-15-13(16-18-12)11-7-5-10(2)6-8-11/h4-8,17H,1,9H2,2-3H3. The third-order valence-electron chi connectivity index (χ3n) is 2.73. The van der Waals surface area contributed by atoms with Crippen molar-refractivity contribution in [1.82, 2.24) is 10.1 Å². The van der Waals surface area contributed by atoms with Crippen LogP contribution in [-0.2, 0) is 6.42 Å². The Morgan fingerprint density at radius 2 is 2.06 bits per heavy atom. The Morgan fingerprint density at radius 3 is 2.67 bits per heavy atom. The molecule has 0 bridgehead atoms. The van der Waals surface area contributed by atoms with Crippen LogP contribution in [0.3, 0.4) is 0 Å². The molecule has 1 heterocycles. The minimum Gasteiger partial charge on any atom is -0.386 e. The Kier molecular flexibility index (Phi) is 3.30. The molecule has 1 N–H and O–H groups in total. The third-order valence-corrected chi connectivity index (χ3v) is 2.73. The van der Waals surface area contributed by atoms with Gasteiger partial charge in [-0.05, 0) is 13.8 Å². The fourth-order valence-electron chi connectivity index (χ4n) is 1.52. The van der Waals surface area contributed by atoms with Crippen molar-refractivity contribution in [1.29, 1.82) is 0 Å². The van der Waals surface area contributed by atoms with Crippen LogP contribution in [0.5, 0.6) is 0 Å². The quantitative estimate of drug-likeness (QED) is 0.839. The molecule has 94 valence electrons. The molecule has 0 aliphatic carbocycles. The molecule has 0 aliphatic heterocycles. The first-order valence-electron chi connectivity index (χ1n) is 5.76. The zero-order valence-corrected chi connectivity index (χ0v) is 10.6. The van der Waals surface area contributed by atoms with Gasteiger partial charge in [-0.2, -0.15) is 4.98 Å². The number of nitrogens with zero attached hydrogens (tertiary/aromatic N) is 2. The first-order valence-corrected chi connectivity index (χ1v) is 5.76. The van der Waals surface area contributed by atoms with Crippen LogP contribution in [0.15, 0.2) is 41.4 Å². The molecule has 4 nitrogen and oxygen atoms in total. The molecule has 4 heteroatoms. The highest BCUT2D eigenvalue weighted by atomic mass is 16.5. The van der Waals surface area contributed by atoms with Crippen LogP contribution in [0.1, 0.15) is 18.4 Å². The summed E-state index contributed by atoms with van der Waals surface area (Å²) in [6.45, 7) is 7.23. The van der Waals surface area contributed by atoms with Gasteiger partial charge in [-0.1, -0.05) is 41.1 Å². The topological polar surface area (TPSA) is 59.2 Å². The van der Waals surface area contributed by atoms with Gasteiger partial charge in [-0.15, -0.1) is 6.58 Å². The average Bonchev–Trinajstić information content (AvgIpc) is 2.78. The predicted molar refractivity (Wildman–Crippen MR) is 69.0 cm³/mol. The summed E-state index contributed by atoms with van der Waals surface area (Å²) in [5.74, 6) is 0.931. The van der Waals surface area contributed by atoms with Gasteiger partial charge >= 0.3 is 0 Å². The maximum absolute atomic E-state index is 9.85. The number of hydrogen-bond donors (Lipinski definition) is 1. The van der Waals surface area contributed by atoms with E-state index in [0.717, 1.165) is 5.56 Å². The van der Waals surface area contributed by atoms with Crippen molar-refractivity contribution in [3.8, 4) is 11.4 Å². The first-order chi connectivity index (χ1) is 8.50. The summed E-state index contributed by atoms with van der Waals surface area (Å²) in [5.41, 5.74) is 1.04. The number of aromatic nitrogens is 2. The fourth-order valence-corrected chi connectivity index (χ4v) is 1.52. The van der Waals surface area contributed by atoms with Crippen LogP contribution in [0.4, 0.5) is 0 Å². The van der Waals surface area contributed by atoms with E-state index in [9.17, 15) is 5.11 Å². The SMILES string of the molecule is C=CC(C)(O)Cc1nc(-c2ccc(C)cc2)no1. The molecule has 0 fully saturated rings. The van der Waals surface area contributed by atoms with Gasteiger partial charge in [-0.3, -0.25) is 0 Å². The van der Waals surface area contributed by atoms with E-state index in [-0.39, 0.29) is 6.42 Å². The zero-order chi connectivity index (χ0) is 13.2. The Bertz CT molecular complexity index is 541. The molecular weight excluding hydrogens is 228 g/mol. The van der Waals surface area contributed by atoms with Gasteiger partial charge in [-0.25, -0.2) is 0 Å². The molecule has 1 aromatic carbocycles. The van der Waals surface area contributed by atoms with E-state index in [0.29, 0.717) is 11.7 Å². The molecule has 0 spiro atoms. The maximum atomic E-state index is 9.85. The lowest BCUT2D eigenvalue weighted by Gasteiger charge is -2.14. The maximum Gasteiger partial charge on any atom is 0.230 e. The van der Waals surface area contributed by atoms with Crippen LogP contribution in [0.2, 0.25) is 0 Å². The molecule has 2 aromatic rings. The number of benzene rings is 1. The van der Waals surface area contributed by atoms with Crippen molar-refractivity contribution < 1.29 is 9.63 Å². The van der Waals surface area contributed by atoms with Gasteiger partial charge in [0, 0.05) is 5.56 Å². The van der Waals surface area contributed by atoms with E-state index < -0.39 is 5.60 Å². The van der Waals surface area contributed by atoms with Gasteiger partial charge in [0.05, 0.1) is 12.0 Å². The van der Waals surface area contributed by atoms with Crippen LogP contribution >= 0.6 is 0 Å². The van der Waals surface area contributed by atoms with E-state index in [1.165, 1.54) is 11.6 Å². The van der Waals surface area contributed by atoms with Crippen molar-refractivity contribution in [3.63, 3.8) is 0 Å². The molecule has 1 unspecified atom stereocenters. The predicted octanol–water partition coefficient (Wildman–Crippen LogP) is 2.52. The molecule has 1 atom stereocenters. The Balaban J connectivity index is 2.20. The molecule has 0 saturated carbocycles. The van der Waals surface area contributed by atoms with Crippen molar-refractivity contribution in [2.24, 2.45) is 0 Å². The fraction of sp³-hybridized carbons (Fsp3) is 0.286. The molecule has 1 aromatic heterocycles. The minimum atomic E-state index is -1.03. The van der Waals surface area contributed by atoms with E-state index in [4.69, 9.17) is 4.52 Å². The second-order valence-electron chi connectivity index (χ2n) is 4.62. The van der Waals surface area contributed by atoms with E-state index in [1.807, 2.05) is 31.2 Å². The molecular formula is C14H16N2O2. The number of aryl methyl sites for hydroxylation is 1. The van der Waals surface area contributed by atoms with E-state index in [1.54, 1.807) is 6.92 Å². The van der Waals surface area contributed by atoms with Gasteiger partial charge < -0.3 is 9.63 Å². The molecule has 0 saturated heterocycles. The number of hydrogen-bond acceptors (Lipinski definition) is 4. The molecule has 2 rings (SSSR count). The Labute approximate surface area is 106 Å². The van der Waals surface area contributed by atoms with E-state index in [2.05, 4.69) is 16.7 Å². The summed E-state index contributed by atoms with van der Waals surface area (Å²) >= 11 is 0. The van der Waals surface area contributed by atoms with Crippen molar-refractivity contribution in [3.05, 3.63) is 48.4 Å². The zero-order valence-electron chi connectivity index (χ0n) is 10.6. The van der Waals surface area contributed by atoms with Gasteiger partial charge in [0.15, 0.2) is 0 Å². The largest absolute Gasteiger partial charge is 0.386 e. The van der Waals surface area contributed by atoms with Crippen LogP contribution in [-0.4, -0.2) is 20.8 Å². The van der Waals surface area contributed by atoms with Crippen molar-refractivity contribution in [2.75, 3.05) is 0 Å². The monoisotopic (exact) mass is 244 g/mol. The van der Waals surface area contributed by atoms with E-state index >= 15 is 0 Å². The average molecular weight is 244 g/mol. The lowest BCUT2D eigenvalue weighted by Crippen LogP contribution is -2.23. The van der Waals surface area contributed by atoms with Crippen LogP contribution in [0.25, 0.3) is 11.4 Å². The van der Waals surface area contributed by atoms with Crippen molar-refractivity contribution >= 4 is 0 Å². The highest BCUT2D eigenvalue weighted by Crippen LogP contribution is 2.19. The summed E-state index contributed by atoms with van der Waals surface area (Å²) in [6, 6.07) is 7.86. The van der Waals surface area contributed by atoms with Crippen molar-refractivity contribution in [2.45, 2.75) is 25.9 Å². The van der Waals surface area contributed by atoms with Gasteiger partial charge in [0.1, 0.15) is 0 Å². The van der Waals surface area contributed by atoms with Crippen LogP contribution < -0.4 is 0 Å². The second kappa shape index (κ2) is 4.74. The van der Waals surface area contributed by atoms with Crippen LogP contribution in [0, 0.1) is 6.92 Å². The summed E-state index contributed by atoms with van der Waals surface area (Å²) in [4.78, 5) is 4.26. The molecule has 0 amide bonds.